The number of carbonyl (C=O) groups is 2. The summed E-state index contributed by atoms with van der Waals surface area (Å²) in [5, 5.41) is 18.4. The van der Waals surface area contributed by atoms with E-state index in [0.29, 0.717) is 30.3 Å². The van der Waals surface area contributed by atoms with Gasteiger partial charge >= 0.3 is 11.9 Å². The van der Waals surface area contributed by atoms with E-state index in [1.165, 1.54) is 0 Å². The molecule has 6 heteroatoms. The molecule has 1 aromatic rings. The molecular formula is C13H12O6. The molecule has 0 saturated heterocycles. The molecule has 0 spiro atoms. The highest BCUT2D eigenvalue weighted by Crippen LogP contribution is 2.55. The molecule has 0 bridgehead atoms. The fraction of sp³-hybridized carbons (Fsp3) is 0.385. The van der Waals surface area contributed by atoms with Crippen LogP contribution >= 0.6 is 0 Å². The SMILES string of the molecule is O=C(O)C1CC1(C(=O)O)c1ccc2c(c1)OCCO2. The molecule has 0 radical (unpaired) electrons. The summed E-state index contributed by atoms with van der Waals surface area (Å²) in [5.74, 6) is -2.05. The van der Waals surface area contributed by atoms with Gasteiger partial charge in [-0.1, -0.05) is 6.07 Å². The number of rotatable bonds is 3. The molecule has 0 aromatic heterocycles. The van der Waals surface area contributed by atoms with Gasteiger partial charge in [-0.15, -0.1) is 0 Å². The van der Waals surface area contributed by atoms with Gasteiger partial charge in [-0.25, -0.2) is 0 Å². The third kappa shape index (κ3) is 1.63. The Hall–Kier alpha value is -2.24. The van der Waals surface area contributed by atoms with Crippen LogP contribution in [-0.4, -0.2) is 35.4 Å². The number of hydrogen-bond acceptors (Lipinski definition) is 4. The van der Waals surface area contributed by atoms with Crippen molar-refractivity contribution in [3.8, 4) is 11.5 Å². The zero-order chi connectivity index (χ0) is 13.6. The van der Waals surface area contributed by atoms with E-state index in [4.69, 9.17) is 14.6 Å². The van der Waals surface area contributed by atoms with Crippen LogP contribution in [0.2, 0.25) is 0 Å². The van der Waals surface area contributed by atoms with E-state index in [2.05, 4.69) is 0 Å². The monoisotopic (exact) mass is 264 g/mol. The van der Waals surface area contributed by atoms with Crippen molar-refractivity contribution < 1.29 is 29.3 Å². The topological polar surface area (TPSA) is 93.1 Å². The van der Waals surface area contributed by atoms with Crippen LogP contribution in [0, 0.1) is 5.92 Å². The van der Waals surface area contributed by atoms with Gasteiger partial charge in [-0.05, 0) is 24.1 Å². The molecular weight excluding hydrogens is 252 g/mol. The second-order valence-electron chi connectivity index (χ2n) is 4.73. The molecule has 1 heterocycles. The zero-order valence-electron chi connectivity index (χ0n) is 9.96. The summed E-state index contributed by atoms with van der Waals surface area (Å²) >= 11 is 0. The summed E-state index contributed by atoms with van der Waals surface area (Å²) in [5.41, 5.74) is -0.876. The van der Waals surface area contributed by atoms with Gasteiger partial charge in [-0.3, -0.25) is 9.59 Å². The maximum Gasteiger partial charge on any atom is 0.315 e. The van der Waals surface area contributed by atoms with Crippen molar-refractivity contribution >= 4 is 11.9 Å². The number of carboxylic acids is 2. The summed E-state index contributed by atoms with van der Waals surface area (Å²) in [6.45, 7) is 0.854. The van der Waals surface area contributed by atoms with Crippen molar-refractivity contribution in [3.05, 3.63) is 23.8 Å². The van der Waals surface area contributed by atoms with E-state index in [0.717, 1.165) is 0 Å². The van der Waals surface area contributed by atoms with Gasteiger partial charge in [0.2, 0.25) is 0 Å². The van der Waals surface area contributed by atoms with Crippen LogP contribution in [0.4, 0.5) is 0 Å². The standard InChI is InChI=1S/C13H12O6/c14-11(15)8-6-13(8,12(16)17)7-1-2-9-10(5-7)19-4-3-18-9/h1-2,5,8H,3-4,6H2,(H,14,15)(H,16,17). The first-order chi connectivity index (χ1) is 9.05. The average molecular weight is 264 g/mol. The predicted molar refractivity (Wildman–Crippen MR) is 62.5 cm³/mol. The van der Waals surface area contributed by atoms with Crippen molar-refractivity contribution in [2.45, 2.75) is 11.8 Å². The lowest BCUT2D eigenvalue weighted by Gasteiger charge is -2.20. The smallest absolute Gasteiger partial charge is 0.315 e. The molecule has 1 saturated carbocycles. The van der Waals surface area contributed by atoms with Crippen LogP contribution in [0.3, 0.4) is 0 Å². The highest BCUT2D eigenvalue weighted by molar-refractivity contribution is 5.95. The van der Waals surface area contributed by atoms with E-state index in [9.17, 15) is 14.7 Å². The van der Waals surface area contributed by atoms with Crippen LogP contribution in [0.15, 0.2) is 18.2 Å². The van der Waals surface area contributed by atoms with Crippen LogP contribution in [0.25, 0.3) is 0 Å². The Kier molecular flexibility index (Phi) is 2.41. The van der Waals surface area contributed by atoms with Crippen molar-refractivity contribution in [2.75, 3.05) is 13.2 Å². The average Bonchev–Trinajstić information content (AvgIpc) is 3.15. The lowest BCUT2D eigenvalue weighted by molar-refractivity contribution is -0.145. The van der Waals surface area contributed by atoms with Crippen LogP contribution in [0.5, 0.6) is 11.5 Å². The Morgan fingerprint density at radius 2 is 1.84 bits per heavy atom. The van der Waals surface area contributed by atoms with Crippen molar-refractivity contribution in [2.24, 2.45) is 5.92 Å². The predicted octanol–water partition coefficient (Wildman–Crippen LogP) is 0.885. The molecule has 19 heavy (non-hydrogen) atoms. The summed E-state index contributed by atoms with van der Waals surface area (Å²) in [6, 6.07) is 4.81. The highest BCUT2D eigenvalue weighted by atomic mass is 16.6. The molecule has 2 unspecified atom stereocenters. The summed E-state index contributed by atoms with van der Waals surface area (Å²) in [7, 11) is 0. The van der Waals surface area contributed by atoms with Crippen LogP contribution < -0.4 is 9.47 Å². The molecule has 6 nitrogen and oxygen atoms in total. The van der Waals surface area contributed by atoms with E-state index in [1.54, 1.807) is 18.2 Å². The van der Waals surface area contributed by atoms with Gasteiger partial charge in [0.25, 0.3) is 0 Å². The Balaban J connectivity index is 2.01. The second kappa shape index (κ2) is 3.88. The van der Waals surface area contributed by atoms with Gasteiger partial charge in [0.05, 0.1) is 5.92 Å². The van der Waals surface area contributed by atoms with Gasteiger partial charge < -0.3 is 19.7 Å². The van der Waals surface area contributed by atoms with Gasteiger partial charge in [0, 0.05) is 0 Å². The van der Waals surface area contributed by atoms with E-state index < -0.39 is 23.3 Å². The quantitative estimate of drug-likeness (QED) is 0.842. The number of hydrogen-bond donors (Lipinski definition) is 2. The van der Waals surface area contributed by atoms with Gasteiger partial charge in [-0.2, -0.15) is 0 Å². The number of fused-ring (bicyclic) bond motifs is 1. The molecule has 3 rings (SSSR count). The molecule has 100 valence electrons. The highest BCUT2D eigenvalue weighted by Gasteiger charge is 2.65. The molecule has 0 amide bonds. The number of carboxylic acid groups (broad SMARTS) is 2. The summed E-state index contributed by atoms with van der Waals surface area (Å²) in [6.07, 6.45) is 0.108. The lowest BCUT2D eigenvalue weighted by Crippen LogP contribution is -2.25. The van der Waals surface area contributed by atoms with Gasteiger partial charge in [0.1, 0.15) is 18.6 Å². The van der Waals surface area contributed by atoms with Crippen molar-refractivity contribution in [1.29, 1.82) is 0 Å². The van der Waals surface area contributed by atoms with Crippen LogP contribution in [-0.2, 0) is 15.0 Å². The molecule has 1 fully saturated rings. The first-order valence-corrected chi connectivity index (χ1v) is 5.92. The Morgan fingerprint density at radius 3 is 2.42 bits per heavy atom. The minimum atomic E-state index is -1.33. The Morgan fingerprint density at radius 1 is 1.16 bits per heavy atom. The third-order valence-electron chi connectivity index (χ3n) is 3.70. The maximum absolute atomic E-state index is 11.4. The fourth-order valence-electron chi connectivity index (χ4n) is 2.56. The first-order valence-electron chi connectivity index (χ1n) is 5.92. The summed E-state index contributed by atoms with van der Waals surface area (Å²) < 4.78 is 10.8. The van der Waals surface area contributed by atoms with E-state index in [-0.39, 0.29) is 6.42 Å². The van der Waals surface area contributed by atoms with E-state index in [1.807, 2.05) is 0 Å². The zero-order valence-corrected chi connectivity index (χ0v) is 9.96. The van der Waals surface area contributed by atoms with Crippen molar-refractivity contribution in [1.82, 2.24) is 0 Å². The Bertz CT molecular complexity index is 566. The number of benzene rings is 1. The Labute approximate surface area is 108 Å². The molecule has 1 aliphatic carbocycles. The van der Waals surface area contributed by atoms with Crippen molar-refractivity contribution in [3.63, 3.8) is 0 Å². The number of aliphatic carboxylic acids is 2. The number of ether oxygens (including phenoxy) is 2. The normalized spacial score (nSPS) is 27.7. The molecule has 2 atom stereocenters. The van der Waals surface area contributed by atoms with Gasteiger partial charge in [0.15, 0.2) is 11.5 Å². The second-order valence-corrected chi connectivity index (χ2v) is 4.73. The van der Waals surface area contributed by atoms with Crippen LogP contribution in [0.1, 0.15) is 12.0 Å². The largest absolute Gasteiger partial charge is 0.486 e. The first kappa shape index (κ1) is 11.8. The van der Waals surface area contributed by atoms with E-state index >= 15 is 0 Å². The maximum atomic E-state index is 11.4. The minimum absolute atomic E-state index is 0.108. The molecule has 2 N–H and O–H groups in total. The third-order valence-corrected chi connectivity index (χ3v) is 3.70. The molecule has 1 aliphatic heterocycles. The lowest BCUT2D eigenvalue weighted by atomic mass is 9.93. The minimum Gasteiger partial charge on any atom is -0.486 e. The summed E-state index contributed by atoms with van der Waals surface area (Å²) in [4.78, 5) is 22.5. The fourth-order valence-corrected chi connectivity index (χ4v) is 2.56. The molecule has 2 aliphatic rings. The molecule has 1 aromatic carbocycles.